The van der Waals surface area contributed by atoms with E-state index in [1.54, 1.807) is 12.1 Å². The van der Waals surface area contributed by atoms with E-state index in [4.69, 9.17) is 16.3 Å². The predicted octanol–water partition coefficient (Wildman–Crippen LogP) is 3.76. The standard InChI is InChI=1S/C11H8ClF3N2O/c1-18-8-3-2-6(4-7(8)12)10-16-5-9(17-10)11(13,14)15/h2-5H,1H3,(H,16,17). The van der Waals surface area contributed by atoms with E-state index in [2.05, 4.69) is 9.97 Å². The number of aromatic nitrogens is 2. The van der Waals surface area contributed by atoms with Crippen LogP contribution in [0.1, 0.15) is 5.69 Å². The number of methoxy groups -OCH3 is 1. The molecule has 2 rings (SSSR count). The van der Waals surface area contributed by atoms with Gasteiger partial charge in [-0.15, -0.1) is 0 Å². The third-order valence-electron chi connectivity index (χ3n) is 2.29. The quantitative estimate of drug-likeness (QED) is 0.907. The first-order valence-electron chi connectivity index (χ1n) is 4.88. The maximum absolute atomic E-state index is 12.4. The lowest BCUT2D eigenvalue weighted by atomic mass is 10.2. The molecule has 1 N–H and O–H groups in total. The molecule has 2 aromatic rings. The summed E-state index contributed by atoms with van der Waals surface area (Å²) in [5, 5.41) is 0.306. The van der Waals surface area contributed by atoms with E-state index in [0.717, 1.165) is 6.20 Å². The van der Waals surface area contributed by atoms with Crippen LogP contribution in [-0.4, -0.2) is 17.1 Å². The van der Waals surface area contributed by atoms with Gasteiger partial charge in [0, 0.05) is 11.8 Å². The number of halogens is 4. The number of H-pyrrole nitrogens is 1. The fourth-order valence-corrected chi connectivity index (χ4v) is 1.69. The van der Waals surface area contributed by atoms with Gasteiger partial charge in [-0.05, 0) is 18.2 Å². The smallest absolute Gasteiger partial charge is 0.434 e. The second-order valence-corrected chi connectivity index (χ2v) is 3.89. The molecule has 96 valence electrons. The third kappa shape index (κ3) is 2.43. The zero-order valence-corrected chi connectivity index (χ0v) is 9.93. The molecule has 0 unspecified atom stereocenters. The first kappa shape index (κ1) is 12.8. The van der Waals surface area contributed by atoms with E-state index in [-0.39, 0.29) is 5.82 Å². The predicted molar refractivity (Wildman–Crippen MR) is 60.6 cm³/mol. The molecule has 0 amide bonds. The van der Waals surface area contributed by atoms with Gasteiger partial charge in [-0.1, -0.05) is 11.6 Å². The monoisotopic (exact) mass is 276 g/mol. The minimum Gasteiger partial charge on any atom is -0.495 e. The Labute approximate surface area is 106 Å². The van der Waals surface area contributed by atoms with Gasteiger partial charge >= 0.3 is 6.18 Å². The van der Waals surface area contributed by atoms with Crippen molar-refractivity contribution in [1.82, 2.24) is 9.97 Å². The summed E-state index contributed by atoms with van der Waals surface area (Å²) in [6, 6.07) is 4.62. The fourth-order valence-electron chi connectivity index (χ4n) is 1.43. The molecule has 0 fully saturated rings. The van der Waals surface area contributed by atoms with Crippen LogP contribution in [0.4, 0.5) is 13.2 Å². The van der Waals surface area contributed by atoms with Crippen LogP contribution < -0.4 is 4.74 Å². The number of alkyl halides is 3. The Kier molecular flexibility index (Phi) is 3.21. The molecule has 0 aliphatic carbocycles. The number of hydrogen-bond donors (Lipinski definition) is 1. The number of aromatic amines is 1. The van der Waals surface area contributed by atoms with Crippen LogP contribution in [0.5, 0.6) is 5.75 Å². The molecule has 1 aromatic heterocycles. The zero-order valence-electron chi connectivity index (χ0n) is 9.18. The molecule has 0 bridgehead atoms. The summed E-state index contributed by atoms with van der Waals surface area (Å²) in [5.41, 5.74) is -0.513. The van der Waals surface area contributed by atoms with Crippen LogP contribution in [0.3, 0.4) is 0 Å². The van der Waals surface area contributed by atoms with Crippen molar-refractivity contribution in [1.29, 1.82) is 0 Å². The van der Waals surface area contributed by atoms with E-state index < -0.39 is 11.9 Å². The molecule has 0 radical (unpaired) electrons. The molecule has 1 aromatic carbocycles. The fraction of sp³-hybridized carbons (Fsp3) is 0.182. The van der Waals surface area contributed by atoms with Crippen molar-refractivity contribution in [3.05, 3.63) is 35.1 Å². The minimum atomic E-state index is -4.47. The van der Waals surface area contributed by atoms with Crippen LogP contribution in [0, 0.1) is 0 Å². The second-order valence-electron chi connectivity index (χ2n) is 3.48. The van der Waals surface area contributed by atoms with Crippen molar-refractivity contribution >= 4 is 11.6 Å². The van der Waals surface area contributed by atoms with E-state index >= 15 is 0 Å². The lowest BCUT2D eigenvalue weighted by Gasteiger charge is -2.04. The van der Waals surface area contributed by atoms with Gasteiger partial charge in [0.05, 0.1) is 12.1 Å². The molecule has 3 nitrogen and oxygen atoms in total. The van der Waals surface area contributed by atoms with Gasteiger partial charge in [0.25, 0.3) is 0 Å². The van der Waals surface area contributed by atoms with Crippen molar-refractivity contribution in [2.24, 2.45) is 0 Å². The lowest BCUT2D eigenvalue weighted by molar-refractivity contribution is -0.140. The van der Waals surface area contributed by atoms with Crippen molar-refractivity contribution < 1.29 is 17.9 Å². The Bertz CT molecular complexity index is 566. The first-order chi connectivity index (χ1) is 8.41. The minimum absolute atomic E-state index is 0.104. The number of nitrogens with one attached hydrogen (secondary N) is 1. The SMILES string of the molecule is COc1ccc(-c2nc(C(F)(F)F)c[nH]2)cc1Cl. The molecule has 7 heteroatoms. The van der Waals surface area contributed by atoms with Crippen molar-refractivity contribution in [3.8, 4) is 17.1 Å². The molecule has 1 heterocycles. The molecule has 0 atom stereocenters. The summed E-state index contributed by atoms with van der Waals surface area (Å²) in [5.74, 6) is 0.551. The highest BCUT2D eigenvalue weighted by atomic mass is 35.5. The van der Waals surface area contributed by atoms with E-state index in [9.17, 15) is 13.2 Å². The second kappa shape index (κ2) is 4.53. The number of hydrogen-bond acceptors (Lipinski definition) is 2. The molecule has 0 aliphatic rings. The summed E-state index contributed by atoms with van der Waals surface area (Å²) in [6.45, 7) is 0. The number of rotatable bonds is 2. The van der Waals surface area contributed by atoms with Gasteiger partial charge in [-0.25, -0.2) is 4.98 Å². The molecule has 0 aliphatic heterocycles. The average Bonchev–Trinajstić information content (AvgIpc) is 2.77. The Morgan fingerprint density at radius 1 is 1.33 bits per heavy atom. The van der Waals surface area contributed by atoms with Crippen molar-refractivity contribution in [3.63, 3.8) is 0 Å². The molecule has 0 saturated carbocycles. The topological polar surface area (TPSA) is 37.9 Å². The number of nitrogens with zero attached hydrogens (tertiary/aromatic N) is 1. The highest BCUT2D eigenvalue weighted by molar-refractivity contribution is 6.32. The molecule has 18 heavy (non-hydrogen) atoms. The normalized spacial score (nSPS) is 11.6. The summed E-state index contributed by atoms with van der Waals surface area (Å²) >= 11 is 5.89. The third-order valence-corrected chi connectivity index (χ3v) is 2.59. The highest BCUT2D eigenvalue weighted by Gasteiger charge is 2.33. The summed E-state index contributed by atoms with van der Waals surface area (Å²) in [4.78, 5) is 5.93. The maximum Gasteiger partial charge on any atom is 0.434 e. The Balaban J connectivity index is 2.38. The zero-order chi connectivity index (χ0) is 13.3. The average molecular weight is 277 g/mol. The number of ether oxygens (including phenoxy) is 1. The molecule has 0 spiro atoms. The van der Waals surface area contributed by atoms with Gasteiger partial charge in [0.2, 0.25) is 0 Å². The van der Waals surface area contributed by atoms with Crippen LogP contribution in [0.2, 0.25) is 5.02 Å². The number of imidazole rings is 1. The van der Waals surface area contributed by atoms with Crippen LogP contribution >= 0.6 is 11.6 Å². The summed E-state index contributed by atoms with van der Waals surface area (Å²) in [7, 11) is 1.45. The molecular weight excluding hydrogens is 269 g/mol. The number of benzene rings is 1. The Morgan fingerprint density at radius 3 is 2.56 bits per heavy atom. The van der Waals surface area contributed by atoms with E-state index in [0.29, 0.717) is 16.3 Å². The molecular formula is C11H8ClF3N2O. The van der Waals surface area contributed by atoms with Crippen LogP contribution in [0.25, 0.3) is 11.4 Å². The van der Waals surface area contributed by atoms with Gasteiger partial charge in [0.15, 0.2) is 5.69 Å². The highest BCUT2D eigenvalue weighted by Crippen LogP contribution is 2.32. The lowest BCUT2D eigenvalue weighted by Crippen LogP contribution is -2.04. The van der Waals surface area contributed by atoms with E-state index in [1.807, 2.05) is 0 Å². The van der Waals surface area contributed by atoms with Crippen molar-refractivity contribution in [2.45, 2.75) is 6.18 Å². The van der Waals surface area contributed by atoms with Gasteiger partial charge in [-0.3, -0.25) is 0 Å². The molecule has 0 saturated heterocycles. The van der Waals surface area contributed by atoms with E-state index in [1.165, 1.54) is 13.2 Å². The largest absolute Gasteiger partial charge is 0.495 e. The Hall–Kier alpha value is -1.69. The van der Waals surface area contributed by atoms with Gasteiger partial charge in [0.1, 0.15) is 11.6 Å². The van der Waals surface area contributed by atoms with Crippen LogP contribution in [0.15, 0.2) is 24.4 Å². The first-order valence-corrected chi connectivity index (χ1v) is 5.26. The van der Waals surface area contributed by atoms with Gasteiger partial charge in [-0.2, -0.15) is 13.2 Å². The van der Waals surface area contributed by atoms with Gasteiger partial charge < -0.3 is 9.72 Å². The van der Waals surface area contributed by atoms with Crippen LogP contribution in [-0.2, 0) is 6.18 Å². The summed E-state index contributed by atoms with van der Waals surface area (Å²) in [6.07, 6.45) is -3.65. The maximum atomic E-state index is 12.4. The van der Waals surface area contributed by atoms with Crippen molar-refractivity contribution in [2.75, 3.05) is 7.11 Å². The summed E-state index contributed by atoms with van der Waals surface area (Å²) < 4.78 is 42.1. The Morgan fingerprint density at radius 2 is 2.06 bits per heavy atom.